The van der Waals surface area contributed by atoms with Crippen LogP contribution in [-0.2, 0) is 0 Å². The minimum absolute atomic E-state index is 0.0514. The number of hydrogen-bond donors (Lipinski definition) is 2. The molecule has 0 radical (unpaired) electrons. The van der Waals surface area contributed by atoms with Crippen molar-refractivity contribution in [3.8, 4) is 11.3 Å². The number of aromatic nitrogens is 3. The number of hydrogen-bond acceptors (Lipinski definition) is 5. The van der Waals surface area contributed by atoms with Crippen LogP contribution in [0, 0.1) is 6.92 Å². The van der Waals surface area contributed by atoms with Gasteiger partial charge in [-0.1, -0.05) is 19.3 Å². The minimum atomic E-state index is -0.242. The van der Waals surface area contributed by atoms with Gasteiger partial charge in [0.05, 0.1) is 23.3 Å². The Bertz CT molecular complexity index is 1020. The summed E-state index contributed by atoms with van der Waals surface area (Å²) in [6.45, 7) is 2.02. The molecular weight excluding hydrogens is 376 g/mol. The number of carbonyl (C=O) groups excluding carboxylic acids is 1. The Morgan fingerprint density at radius 1 is 1.07 bits per heavy atom. The van der Waals surface area contributed by atoms with Crippen molar-refractivity contribution in [2.24, 2.45) is 0 Å². The monoisotopic (exact) mass is 402 g/mol. The summed E-state index contributed by atoms with van der Waals surface area (Å²) >= 11 is 0. The Hall–Kier alpha value is -3.48. The van der Waals surface area contributed by atoms with Crippen LogP contribution in [0.3, 0.4) is 0 Å². The molecule has 1 saturated carbocycles. The Kier molecular flexibility index (Phi) is 5.88. The SMILES string of the molecule is Cc1ccncc1-c1ccc(N)c(N(C(=O)Nc2cccnc2)C2CCCCC2)n1. The van der Waals surface area contributed by atoms with E-state index in [4.69, 9.17) is 10.7 Å². The first-order chi connectivity index (χ1) is 14.6. The maximum atomic E-state index is 13.4. The molecule has 4 rings (SSSR count). The molecule has 1 aliphatic carbocycles. The fourth-order valence-corrected chi connectivity index (χ4v) is 3.93. The van der Waals surface area contributed by atoms with Crippen molar-refractivity contribution >= 4 is 23.2 Å². The third kappa shape index (κ3) is 4.25. The first kappa shape index (κ1) is 19.8. The number of nitrogens with one attached hydrogen (secondary N) is 1. The number of urea groups is 1. The van der Waals surface area contributed by atoms with Gasteiger partial charge in [0.15, 0.2) is 5.82 Å². The van der Waals surface area contributed by atoms with Crippen molar-refractivity contribution in [1.29, 1.82) is 0 Å². The number of amides is 2. The number of anilines is 3. The van der Waals surface area contributed by atoms with Crippen molar-refractivity contribution in [3.05, 3.63) is 60.7 Å². The maximum Gasteiger partial charge on any atom is 0.327 e. The molecule has 7 nitrogen and oxygen atoms in total. The summed E-state index contributed by atoms with van der Waals surface area (Å²) in [5.74, 6) is 0.490. The van der Waals surface area contributed by atoms with Crippen molar-refractivity contribution in [2.75, 3.05) is 16.0 Å². The molecule has 154 valence electrons. The lowest BCUT2D eigenvalue weighted by Gasteiger charge is -2.34. The second kappa shape index (κ2) is 8.90. The number of nitrogens with zero attached hydrogens (tertiary/aromatic N) is 4. The predicted molar refractivity (Wildman–Crippen MR) is 119 cm³/mol. The molecule has 30 heavy (non-hydrogen) atoms. The number of aryl methyl sites for hydroxylation is 1. The summed E-state index contributed by atoms with van der Waals surface area (Å²) in [7, 11) is 0. The van der Waals surface area contributed by atoms with Crippen LogP contribution in [0.1, 0.15) is 37.7 Å². The molecule has 0 saturated heterocycles. The molecule has 3 heterocycles. The minimum Gasteiger partial charge on any atom is -0.396 e. The lowest BCUT2D eigenvalue weighted by molar-refractivity contribution is 0.252. The molecule has 0 unspecified atom stereocenters. The van der Waals surface area contributed by atoms with Gasteiger partial charge >= 0.3 is 6.03 Å². The molecule has 0 atom stereocenters. The quantitative estimate of drug-likeness (QED) is 0.653. The van der Waals surface area contributed by atoms with E-state index in [1.165, 1.54) is 6.42 Å². The average Bonchev–Trinajstić information content (AvgIpc) is 2.77. The molecule has 0 spiro atoms. The zero-order chi connectivity index (χ0) is 20.9. The highest BCUT2D eigenvalue weighted by molar-refractivity contribution is 6.03. The lowest BCUT2D eigenvalue weighted by Crippen LogP contribution is -2.45. The third-order valence-corrected chi connectivity index (χ3v) is 5.52. The van der Waals surface area contributed by atoms with Gasteiger partial charge < -0.3 is 11.1 Å². The highest BCUT2D eigenvalue weighted by Crippen LogP contribution is 2.33. The smallest absolute Gasteiger partial charge is 0.327 e. The summed E-state index contributed by atoms with van der Waals surface area (Å²) in [6.07, 6.45) is 12.1. The number of carbonyl (C=O) groups is 1. The fraction of sp³-hybridized carbons (Fsp3) is 0.304. The van der Waals surface area contributed by atoms with E-state index in [9.17, 15) is 4.79 Å². The first-order valence-electron chi connectivity index (χ1n) is 10.3. The van der Waals surface area contributed by atoms with E-state index in [-0.39, 0.29) is 12.1 Å². The van der Waals surface area contributed by atoms with Gasteiger partial charge in [0.2, 0.25) is 0 Å². The van der Waals surface area contributed by atoms with Gasteiger partial charge in [0.1, 0.15) is 0 Å². The largest absolute Gasteiger partial charge is 0.396 e. The van der Waals surface area contributed by atoms with Crippen molar-refractivity contribution < 1.29 is 4.79 Å². The number of rotatable bonds is 4. The van der Waals surface area contributed by atoms with Crippen molar-refractivity contribution in [3.63, 3.8) is 0 Å². The van der Waals surface area contributed by atoms with E-state index in [1.54, 1.807) is 35.8 Å². The molecule has 3 N–H and O–H groups in total. The van der Waals surface area contributed by atoms with Crippen LogP contribution in [0.2, 0.25) is 0 Å². The Balaban J connectivity index is 1.73. The van der Waals surface area contributed by atoms with E-state index in [0.29, 0.717) is 17.2 Å². The molecule has 0 bridgehead atoms. The number of nitrogen functional groups attached to an aromatic ring is 1. The molecule has 1 aliphatic rings. The normalized spacial score (nSPS) is 14.3. The van der Waals surface area contributed by atoms with Crippen LogP contribution < -0.4 is 16.0 Å². The second-order valence-corrected chi connectivity index (χ2v) is 7.63. The van der Waals surface area contributed by atoms with Crippen molar-refractivity contribution in [1.82, 2.24) is 15.0 Å². The van der Waals surface area contributed by atoms with Crippen molar-refractivity contribution in [2.45, 2.75) is 45.1 Å². The van der Waals surface area contributed by atoms with E-state index in [1.807, 2.05) is 31.2 Å². The van der Waals surface area contributed by atoms with Gasteiger partial charge in [0, 0.05) is 30.2 Å². The van der Waals surface area contributed by atoms with Crippen LogP contribution in [0.4, 0.5) is 22.0 Å². The summed E-state index contributed by atoms with van der Waals surface area (Å²) in [5, 5.41) is 2.95. The maximum absolute atomic E-state index is 13.4. The van der Waals surface area contributed by atoms with Crippen LogP contribution >= 0.6 is 0 Å². The molecule has 3 aromatic heterocycles. The van der Waals surface area contributed by atoms with E-state index < -0.39 is 0 Å². The Labute approximate surface area is 176 Å². The lowest BCUT2D eigenvalue weighted by atomic mass is 9.94. The van der Waals surface area contributed by atoms with E-state index >= 15 is 0 Å². The van der Waals surface area contributed by atoms with Crippen LogP contribution in [0.15, 0.2) is 55.1 Å². The standard InChI is InChI=1S/C23H26N6O/c1-16-11-13-26-15-19(16)21-10-9-20(24)22(28-21)29(18-7-3-2-4-8-18)23(30)27-17-6-5-12-25-14-17/h5-6,9-15,18H,2-4,7-8,24H2,1H3,(H,27,30). The molecule has 2 amide bonds. The number of nitrogens with two attached hydrogens (primary N) is 1. The molecular formula is C23H26N6O. The van der Waals surface area contributed by atoms with E-state index in [2.05, 4.69) is 15.3 Å². The second-order valence-electron chi connectivity index (χ2n) is 7.63. The topological polar surface area (TPSA) is 97.0 Å². The highest BCUT2D eigenvalue weighted by atomic mass is 16.2. The first-order valence-corrected chi connectivity index (χ1v) is 10.3. The van der Waals surface area contributed by atoms with E-state index in [0.717, 1.165) is 42.5 Å². The number of pyridine rings is 3. The summed E-state index contributed by atoms with van der Waals surface area (Å²) in [6, 6.07) is 9.05. The third-order valence-electron chi connectivity index (χ3n) is 5.52. The fourth-order valence-electron chi connectivity index (χ4n) is 3.93. The van der Waals surface area contributed by atoms with Crippen LogP contribution in [0.5, 0.6) is 0 Å². The van der Waals surface area contributed by atoms with Gasteiger partial charge in [-0.25, -0.2) is 9.78 Å². The van der Waals surface area contributed by atoms with Gasteiger partial charge in [-0.2, -0.15) is 0 Å². The van der Waals surface area contributed by atoms with Gasteiger partial charge in [-0.15, -0.1) is 0 Å². The summed E-state index contributed by atoms with van der Waals surface area (Å²) in [5.41, 5.74) is 10.2. The summed E-state index contributed by atoms with van der Waals surface area (Å²) in [4.78, 5) is 28.2. The van der Waals surface area contributed by atoms with Gasteiger partial charge in [-0.05, 0) is 55.7 Å². The molecule has 3 aromatic rings. The van der Waals surface area contributed by atoms with Crippen LogP contribution in [-0.4, -0.2) is 27.0 Å². The molecule has 1 fully saturated rings. The highest BCUT2D eigenvalue weighted by Gasteiger charge is 2.30. The zero-order valence-corrected chi connectivity index (χ0v) is 17.1. The summed E-state index contributed by atoms with van der Waals surface area (Å²) < 4.78 is 0. The van der Waals surface area contributed by atoms with Gasteiger partial charge in [0.25, 0.3) is 0 Å². The predicted octanol–water partition coefficient (Wildman–Crippen LogP) is 4.80. The van der Waals surface area contributed by atoms with Crippen LogP contribution in [0.25, 0.3) is 11.3 Å². The molecule has 0 aromatic carbocycles. The Morgan fingerprint density at radius 2 is 1.87 bits per heavy atom. The zero-order valence-electron chi connectivity index (χ0n) is 17.1. The molecule has 7 heteroatoms. The molecule has 0 aliphatic heterocycles. The average molecular weight is 403 g/mol. The van der Waals surface area contributed by atoms with Gasteiger partial charge in [-0.3, -0.25) is 14.9 Å². The Morgan fingerprint density at radius 3 is 2.60 bits per heavy atom.